The molecule has 1 saturated carbocycles. The van der Waals surface area contributed by atoms with E-state index < -0.39 is 18.8 Å². The molecule has 0 bridgehead atoms. The van der Waals surface area contributed by atoms with Crippen molar-refractivity contribution in [2.45, 2.75) is 98.0 Å². The fourth-order valence-corrected chi connectivity index (χ4v) is 17.4. The van der Waals surface area contributed by atoms with Gasteiger partial charge in [-0.15, -0.1) is 0 Å². The van der Waals surface area contributed by atoms with Crippen molar-refractivity contribution in [1.29, 1.82) is 0 Å². The van der Waals surface area contributed by atoms with Crippen LogP contribution < -0.4 is 0 Å². The molecular weight excluding hydrogens is 339 g/mol. The molecule has 0 saturated heterocycles. The molecule has 0 aromatic rings. The predicted octanol–water partition coefficient (Wildman–Crippen LogP) is 6.11. The summed E-state index contributed by atoms with van der Waals surface area (Å²) in [5.41, 5.74) is 0. The fraction of sp³-hybridized carbons (Fsp3) is 0.941. The van der Waals surface area contributed by atoms with Gasteiger partial charge in [0.1, 0.15) is 0 Å². The monoisotopic (exact) mass is 375 g/mol. The summed E-state index contributed by atoms with van der Waals surface area (Å²) in [5, 5.41) is 0. The van der Waals surface area contributed by atoms with Crippen LogP contribution in [0, 0.1) is 6.42 Å². The first kappa shape index (κ1) is 17.8. The number of hydrogen-bond donors (Lipinski definition) is 0. The van der Waals surface area contributed by atoms with E-state index in [9.17, 15) is 0 Å². The maximum atomic E-state index is 6.86. The van der Waals surface area contributed by atoms with E-state index in [-0.39, 0.29) is 0 Å². The quantitative estimate of drug-likeness (QED) is 0.397. The van der Waals surface area contributed by atoms with E-state index in [2.05, 4.69) is 27.2 Å². The van der Waals surface area contributed by atoms with Crippen LogP contribution in [-0.4, -0.2) is 24.9 Å². The van der Waals surface area contributed by atoms with Gasteiger partial charge in [0, 0.05) is 0 Å². The van der Waals surface area contributed by atoms with E-state index in [0.717, 1.165) is 0 Å². The second kappa shape index (κ2) is 10.5. The van der Waals surface area contributed by atoms with E-state index in [1.54, 1.807) is 0 Å². The second-order valence-corrected chi connectivity index (χ2v) is 18.0. The summed E-state index contributed by atoms with van der Waals surface area (Å²) >= 11 is -2.30. The normalized spacial score (nSPS) is 17.2. The zero-order chi connectivity index (χ0) is 14.0. The Morgan fingerprint density at radius 2 is 1.47 bits per heavy atom. The molecule has 19 heavy (non-hydrogen) atoms. The third-order valence-electron chi connectivity index (χ3n) is 4.48. The van der Waals surface area contributed by atoms with Gasteiger partial charge in [0.2, 0.25) is 0 Å². The molecule has 0 N–H and O–H groups in total. The van der Waals surface area contributed by atoms with Crippen LogP contribution >= 0.6 is 0 Å². The van der Waals surface area contributed by atoms with Crippen LogP contribution in [0.1, 0.15) is 78.6 Å². The molecule has 113 valence electrons. The van der Waals surface area contributed by atoms with Crippen molar-refractivity contribution in [3.63, 3.8) is 0 Å². The van der Waals surface area contributed by atoms with Crippen LogP contribution in [0.4, 0.5) is 0 Å². The molecular formula is C17H35OSn. The molecule has 0 aromatic carbocycles. The summed E-state index contributed by atoms with van der Waals surface area (Å²) in [4.78, 5) is 0. The first-order valence-electron chi connectivity index (χ1n) is 8.77. The van der Waals surface area contributed by atoms with Crippen LogP contribution in [0.2, 0.25) is 13.3 Å². The van der Waals surface area contributed by atoms with Crippen LogP contribution in [-0.2, 0) is 3.07 Å². The van der Waals surface area contributed by atoms with Crippen LogP contribution in [0.5, 0.6) is 0 Å². The zero-order valence-electron chi connectivity index (χ0n) is 13.5. The Balaban J connectivity index is 2.61. The minimum absolute atomic E-state index is 0.543. The molecule has 1 fully saturated rings. The number of hydrogen-bond acceptors (Lipinski definition) is 1. The summed E-state index contributed by atoms with van der Waals surface area (Å²) in [7, 11) is 0. The molecule has 0 heterocycles. The third-order valence-corrected chi connectivity index (χ3v) is 17.6. The van der Waals surface area contributed by atoms with Crippen LogP contribution in [0.15, 0.2) is 0 Å². The van der Waals surface area contributed by atoms with Crippen LogP contribution in [0.25, 0.3) is 0 Å². The van der Waals surface area contributed by atoms with Gasteiger partial charge in [-0.25, -0.2) is 0 Å². The molecule has 1 rings (SSSR count). The van der Waals surface area contributed by atoms with Crippen molar-refractivity contribution >= 4 is 18.8 Å². The number of rotatable bonds is 11. The molecule has 2 heteroatoms. The van der Waals surface area contributed by atoms with Crippen LogP contribution in [0.3, 0.4) is 0 Å². The predicted molar refractivity (Wildman–Crippen MR) is 87.9 cm³/mol. The van der Waals surface area contributed by atoms with Gasteiger partial charge in [-0.3, -0.25) is 0 Å². The zero-order valence-corrected chi connectivity index (χ0v) is 16.4. The Kier molecular flexibility index (Phi) is 9.82. The summed E-state index contributed by atoms with van der Waals surface area (Å²) in [6, 6.07) is 0. The van der Waals surface area contributed by atoms with E-state index in [1.807, 2.05) is 0 Å². The van der Waals surface area contributed by atoms with Gasteiger partial charge in [-0.2, -0.15) is 0 Å². The Hall–Kier alpha value is 0.759. The molecule has 1 radical (unpaired) electrons. The average Bonchev–Trinajstić information content (AvgIpc) is 2.93. The molecule has 1 aliphatic carbocycles. The Labute approximate surface area is 126 Å². The Morgan fingerprint density at radius 3 is 1.84 bits per heavy atom. The summed E-state index contributed by atoms with van der Waals surface area (Å²) in [6.45, 7) is 6.99. The van der Waals surface area contributed by atoms with Crippen molar-refractivity contribution in [3.8, 4) is 0 Å². The van der Waals surface area contributed by atoms with Crippen molar-refractivity contribution in [2.24, 2.45) is 0 Å². The van der Waals surface area contributed by atoms with Crippen molar-refractivity contribution in [2.75, 3.05) is 0 Å². The fourth-order valence-electron chi connectivity index (χ4n) is 3.22. The molecule has 1 unspecified atom stereocenters. The standard InChI is InChI=1S/C5H8O.3C4H9.Sn/c6-5-3-1-2-4-5;3*1-3-4-2;/h3,5H,1-2,4H2;3*1,3-4H2,2H3;/q-1;;;;+1. The Morgan fingerprint density at radius 1 is 0.947 bits per heavy atom. The summed E-state index contributed by atoms with van der Waals surface area (Å²) in [6.07, 6.45) is 15.2. The van der Waals surface area contributed by atoms with Gasteiger partial charge >= 0.3 is 126 Å². The third kappa shape index (κ3) is 6.84. The summed E-state index contributed by atoms with van der Waals surface area (Å²) in [5.74, 6) is 0. The second-order valence-electron chi connectivity index (χ2n) is 6.32. The van der Waals surface area contributed by atoms with Gasteiger partial charge in [-0.05, 0) is 0 Å². The van der Waals surface area contributed by atoms with Gasteiger partial charge in [0.15, 0.2) is 0 Å². The molecule has 0 spiro atoms. The molecule has 1 nitrogen and oxygen atoms in total. The van der Waals surface area contributed by atoms with E-state index in [1.165, 1.54) is 71.1 Å². The molecule has 0 aliphatic heterocycles. The first-order chi connectivity index (χ1) is 9.26. The minimum atomic E-state index is -2.30. The van der Waals surface area contributed by atoms with Gasteiger partial charge in [0.25, 0.3) is 0 Å². The molecule has 1 atom stereocenters. The van der Waals surface area contributed by atoms with Gasteiger partial charge in [0.05, 0.1) is 0 Å². The van der Waals surface area contributed by atoms with E-state index in [0.29, 0.717) is 6.10 Å². The summed E-state index contributed by atoms with van der Waals surface area (Å²) < 4.78 is 11.3. The van der Waals surface area contributed by atoms with Gasteiger partial charge in [-0.1, -0.05) is 0 Å². The molecule has 1 aliphatic rings. The SMILES string of the molecule is CCC[CH2][Sn]([CH2]CCC)([CH2]CCC)[O]C1[CH]CCC1. The topological polar surface area (TPSA) is 9.23 Å². The van der Waals surface area contributed by atoms with Crippen molar-refractivity contribution in [3.05, 3.63) is 6.42 Å². The van der Waals surface area contributed by atoms with Crippen molar-refractivity contribution < 1.29 is 3.07 Å². The maximum absolute atomic E-state index is 6.86. The van der Waals surface area contributed by atoms with Gasteiger partial charge < -0.3 is 0 Å². The Bertz CT molecular complexity index is 190. The van der Waals surface area contributed by atoms with E-state index in [4.69, 9.17) is 3.07 Å². The molecule has 0 aromatic heterocycles. The first-order valence-corrected chi connectivity index (χ1v) is 16.0. The number of unbranched alkanes of at least 4 members (excludes halogenated alkanes) is 3. The van der Waals surface area contributed by atoms with Crippen molar-refractivity contribution in [1.82, 2.24) is 0 Å². The molecule has 0 amide bonds. The average molecular weight is 374 g/mol. The van der Waals surface area contributed by atoms with E-state index >= 15 is 0 Å².